The Labute approximate surface area is 160 Å². The standard InChI is InChI=1S/C21H27N5O/c1-25(19-7-4-12-26(15-19)20-8-3-11-23-24-20)21(27)22-14-16-5-2-6-18(13-16)17-9-10-17/h2-3,5-6,8,11,13,17,19H,4,7,9-10,12,14-15H2,1H3,(H,22,27)/t19-/m1/s1. The van der Waals surface area contributed by atoms with Gasteiger partial charge in [0.25, 0.3) is 0 Å². The predicted molar refractivity (Wildman–Crippen MR) is 106 cm³/mol. The van der Waals surface area contributed by atoms with E-state index in [1.807, 2.05) is 24.1 Å². The number of hydrogen-bond acceptors (Lipinski definition) is 4. The van der Waals surface area contributed by atoms with Gasteiger partial charge in [0.1, 0.15) is 0 Å². The Kier molecular flexibility index (Phi) is 5.23. The van der Waals surface area contributed by atoms with Crippen LogP contribution in [0.4, 0.5) is 10.6 Å². The SMILES string of the molecule is CN(C(=O)NCc1cccc(C2CC2)c1)[C@@H]1CCCN(c2cccnn2)C1. The summed E-state index contributed by atoms with van der Waals surface area (Å²) in [5, 5.41) is 11.2. The van der Waals surface area contributed by atoms with Crippen molar-refractivity contribution >= 4 is 11.8 Å². The van der Waals surface area contributed by atoms with E-state index in [0.29, 0.717) is 6.54 Å². The molecule has 1 saturated carbocycles. The molecule has 6 nitrogen and oxygen atoms in total. The van der Waals surface area contributed by atoms with Gasteiger partial charge in [-0.05, 0) is 54.9 Å². The molecule has 2 amide bonds. The second-order valence-corrected chi connectivity index (χ2v) is 7.61. The number of carbonyl (C=O) groups excluding carboxylic acids is 1. The summed E-state index contributed by atoms with van der Waals surface area (Å²) in [4.78, 5) is 16.7. The highest BCUT2D eigenvalue weighted by Crippen LogP contribution is 2.40. The maximum absolute atomic E-state index is 12.7. The molecule has 2 aromatic rings. The van der Waals surface area contributed by atoms with Gasteiger partial charge in [-0.25, -0.2) is 4.79 Å². The monoisotopic (exact) mass is 365 g/mol. The van der Waals surface area contributed by atoms with E-state index in [1.165, 1.54) is 24.0 Å². The topological polar surface area (TPSA) is 61.4 Å². The predicted octanol–water partition coefficient (Wildman–Crippen LogP) is 3.16. The van der Waals surface area contributed by atoms with Crippen molar-refractivity contribution in [2.75, 3.05) is 25.0 Å². The largest absolute Gasteiger partial charge is 0.353 e. The number of hydrogen-bond donors (Lipinski definition) is 1. The number of anilines is 1. The van der Waals surface area contributed by atoms with Crippen molar-refractivity contribution in [2.45, 2.75) is 44.2 Å². The van der Waals surface area contributed by atoms with Crippen LogP contribution in [-0.2, 0) is 6.54 Å². The molecule has 2 heterocycles. The molecule has 1 aromatic carbocycles. The van der Waals surface area contributed by atoms with E-state index in [-0.39, 0.29) is 12.1 Å². The number of rotatable bonds is 5. The minimum Gasteiger partial charge on any atom is -0.353 e. The summed E-state index contributed by atoms with van der Waals surface area (Å²) in [5.41, 5.74) is 2.58. The molecule has 1 atom stereocenters. The van der Waals surface area contributed by atoms with Crippen molar-refractivity contribution in [3.63, 3.8) is 0 Å². The van der Waals surface area contributed by atoms with E-state index in [0.717, 1.165) is 37.7 Å². The number of nitrogens with zero attached hydrogens (tertiary/aromatic N) is 4. The van der Waals surface area contributed by atoms with Crippen LogP contribution in [0.3, 0.4) is 0 Å². The summed E-state index contributed by atoms with van der Waals surface area (Å²) in [6.45, 7) is 2.32. The molecule has 1 saturated heterocycles. The van der Waals surface area contributed by atoms with E-state index in [1.54, 1.807) is 6.20 Å². The lowest BCUT2D eigenvalue weighted by Gasteiger charge is -2.37. The van der Waals surface area contributed by atoms with Crippen molar-refractivity contribution in [3.8, 4) is 0 Å². The fraction of sp³-hybridized carbons (Fsp3) is 0.476. The van der Waals surface area contributed by atoms with Gasteiger partial charge in [0.15, 0.2) is 5.82 Å². The smallest absolute Gasteiger partial charge is 0.317 e. The number of carbonyl (C=O) groups is 1. The van der Waals surface area contributed by atoms with Gasteiger partial charge in [0, 0.05) is 32.9 Å². The van der Waals surface area contributed by atoms with Crippen molar-refractivity contribution < 1.29 is 4.79 Å². The Bertz CT molecular complexity index is 777. The van der Waals surface area contributed by atoms with Crippen molar-refractivity contribution in [1.82, 2.24) is 20.4 Å². The van der Waals surface area contributed by atoms with Gasteiger partial charge in [-0.2, -0.15) is 5.10 Å². The van der Waals surface area contributed by atoms with Gasteiger partial charge < -0.3 is 15.1 Å². The number of nitrogens with one attached hydrogen (secondary N) is 1. The molecule has 2 aliphatic rings. The average molecular weight is 365 g/mol. The zero-order chi connectivity index (χ0) is 18.6. The Balaban J connectivity index is 1.32. The van der Waals surface area contributed by atoms with Crippen molar-refractivity contribution in [2.24, 2.45) is 0 Å². The summed E-state index contributed by atoms with van der Waals surface area (Å²) < 4.78 is 0. The van der Waals surface area contributed by atoms with Gasteiger partial charge in [-0.15, -0.1) is 5.10 Å². The molecule has 27 heavy (non-hydrogen) atoms. The second kappa shape index (κ2) is 7.94. The van der Waals surface area contributed by atoms with Crippen LogP contribution in [0.2, 0.25) is 0 Å². The first-order chi connectivity index (χ1) is 13.2. The molecular formula is C21H27N5O. The van der Waals surface area contributed by atoms with Crippen LogP contribution in [0.5, 0.6) is 0 Å². The van der Waals surface area contributed by atoms with Crippen molar-refractivity contribution in [1.29, 1.82) is 0 Å². The molecule has 0 unspecified atom stereocenters. The van der Waals surface area contributed by atoms with Crippen LogP contribution in [0, 0.1) is 0 Å². The quantitative estimate of drug-likeness (QED) is 0.884. The third kappa shape index (κ3) is 4.38. The van der Waals surface area contributed by atoms with Gasteiger partial charge in [0.05, 0.1) is 6.04 Å². The fourth-order valence-corrected chi connectivity index (χ4v) is 3.78. The van der Waals surface area contributed by atoms with E-state index >= 15 is 0 Å². The van der Waals surface area contributed by atoms with E-state index in [9.17, 15) is 4.79 Å². The Morgan fingerprint density at radius 3 is 2.93 bits per heavy atom. The van der Waals surface area contributed by atoms with E-state index in [4.69, 9.17) is 0 Å². The van der Waals surface area contributed by atoms with Gasteiger partial charge in [0.2, 0.25) is 0 Å². The summed E-state index contributed by atoms with van der Waals surface area (Å²) in [6, 6.07) is 12.6. The van der Waals surface area contributed by atoms with Gasteiger partial charge in [-0.1, -0.05) is 24.3 Å². The third-order valence-corrected chi connectivity index (χ3v) is 5.59. The lowest BCUT2D eigenvalue weighted by atomic mass is 10.0. The molecule has 1 aromatic heterocycles. The van der Waals surface area contributed by atoms with Crippen LogP contribution in [0.15, 0.2) is 42.6 Å². The van der Waals surface area contributed by atoms with Crippen LogP contribution >= 0.6 is 0 Å². The minimum atomic E-state index is -0.0159. The summed E-state index contributed by atoms with van der Waals surface area (Å²) in [6.07, 6.45) is 6.33. The molecule has 0 radical (unpaired) electrons. The number of amides is 2. The molecule has 142 valence electrons. The van der Waals surface area contributed by atoms with Crippen LogP contribution < -0.4 is 10.2 Å². The first kappa shape index (κ1) is 17.8. The number of benzene rings is 1. The molecular weight excluding hydrogens is 338 g/mol. The van der Waals surface area contributed by atoms with Gasteiger partial charge in [-0.3, -0.25) is 0 Å². The summed E-state index contributed by atoms with van der Waals surface area (Å²) in [5.74, 6) is 1.62. The lowest BCUT2D eigenvalue weighted by molar-refractivity contribution is 0.182. The molecule has 2 fully saturated rings. The Hall–Kier alpha value is -2.63. The van der Waals surface area contributed by atoms with Gasteiger partial charge >= 0.3 is 6.03 Å². The normalized spacial score (nSPS) is 19.6. The maximum Gasteiger partial charge on any atom is 0.317 e. The zero-order valence-corrected chi connectivity index (χ0v) is 15.8. The third-order valence-electron chi connectivity index (χ3n) is 5.59. The van der Waals surface area contributed by atoms with E-state index < -0.39 is 0 Å². The number of piperidine rings is 1. The maximum atomic E-state index is 12.7. The van der Waals surface area contributed by atoms with Crippen LogP contribution in [-0.4, -0.2) is 47.3 Å². The molecule has 1 aliphatic carbocycles. The van der Waals surface area contributed by atoms with E-state index in [2.05, 4.69) is 44.7 Å². The molecule has 4 rings (SSSR count). The first-order valence-electron chi connectivity index (χ1n) is 9.83. The summed E-state index contributed by atoms with van der Waals surface area (Å²) >= 11 is 0. The average Bonchev–Trinajstić information content (AvgIpc) is 3.58. The van der Waals surface area contributed by atoms with Crippen LogP contribution in [0.1, 0.15) is 42.7 Å². The molecule has 1 N–H and O–H groups in total. The Morgan fingerprint density at radius 2 is 2.15 bits per heavy atom. The zero-order valence-electron chi connectivity index (χ0n) is 15.8. The molecule has 6 heteroatoms. The lowest BCUT2D eigenvalue weighted by Crippen LogP contribution is -2.51. The highest BCUT2D eigenvalue weighted by Gasteiger charge is 2.27. The summed E-state index contributed by atoms with van der Waals surface area (Å²) in [7, 11) is 1.89. The first-order valence-corrected chi connectivity index (χ1v) is 9.83. The number of likely N-dealkylation sites (N-methyl/N-ethyl adjacent to an activating group) is 1. The highest BCUT2D eigenvalue weighted by atomic mass is 16.2. The molecule has 0 bridgehead atoms. The molecule has 0 spiro atoms. The Morgan fingerprint density at radius 1 is 1.26 bits per heavy atom. The second-order valence-electron chi connectivity index (χ2n) is 7.61. The van der Waals surface area contributed by atoms with Crippen molar-refractivity contribution in [3.05, 3.63) is 53.7 Å². The number of urea groups is 1. The minimum absolute atomic E-state index is 0.0159. The highest BCUT2D eigenvalue weighted by molar-refractivity contribution is 5.74. The fourth-order valence-electron chi connectivity index (χ4n) is 3.78. The molecule has 1 aliphatic heterocycles. The number of aromatic nitrogens is 2. The van der Waals surface area contributed by atoms with Crippen LogP contribution in [0.25, 0.3) is 0 Å².